The van der Waals surface area contributed by atoms with Gasteiger partial charge in [-0.15, -0.1) is 0 Å². The molecule has 26 heavy (non-hydrogen) atoms. The van der Waals surface area contributed by atoms with Gasteiger partial charge in [0.2, 0.25) is 11.8 Å². The lowest BCUT2D eigenvalue weighted by atomic mass is 9.84. The van der Waals surface area contributed by atoms with Crippen molar-refractivity contribution in [2.24, 2.45) is 11.1 Å². The number of benzene rings is 1. The van der Waals surface area contributed by atoms with E-state index in [4.69, 9.17) is 5.73 Å². The molecule has 1 aromatic carbocycles. The zero-order chi connectivity index (χ0) is 20.3. The zero-order valence-electron chi connectivity index (χ0n) is 16.9. The average molecular weight is 364 g/mol. The lowest BCUT2D eigenvalue weighted by Crippen LogP contribution is -2.55. The predicted octanol–water partition coefficient (Wildman–Crippen LogP) is 1.84. The van der Waals surface area contributed by atoms with Crippen LogP contribution in [-0.2, 0) is 21.4 Å². The number of amides is 2. The van der Waals surface area contributed by atoms with E-state index in [2.05, 4.69) is 10.6 Å². The largest absolute Gasteiger partial charge is 0.508 e. The van der Waals surface area contributed by atoms with E-state index in [9.17, 15) is 14.7 Å². The number of carbonyl (C=O) groups excluding carboxylic acids is 2. The molecule has 0 spiro atoms. The molecular weight excluding hydrogens is 330 g/mol. The predicted molar refractivity (Wildman–Crippen MR) is 104 cm³/mol. The number of carbonyl (C=O) groups is 2. The van der Waals surface area contributed by atoms with Gasteiger partial charge >= 0.3 is 0 Å². The molecule has 0 aromatic heterocycles. The summed E-state index contributed by atoms with van der Waals surface area (Å²) in [6, 6.07) is 3.94. The first-order valence-electron chi connectivity index (χ1n) is 8.86. The van der Waals surface area contributed by atoms with Crippen LogP contribution < -0.4 is 16.4 Å². The van der Waals surface area contributed by atoms with E-state index in [-0.39, 0.29) is 28.9 Å². The Bertz CT molecular complexity index is 657. The fourth-order valence-corrected chi connectivity index (χ4v) is 2.98. The van der Waals surface area contributed by atoms with Crippen molar-refractivity contribution >= 4 is 11.8 Å². The van der Waals surface area contributed by atoms with E-state index in [1.165, 1.54) is 0 Å². The normalized spacial score (nSPS) is 14.6. The Morgan fingerprint density at radius 3 is 2.15 bits per heavy atom. The number of primary amides is 1. The SMILES string of the molecule is CN[C@H](C(=O)N[C@@H](Cc1ccc(O)c(C(C)(C)C)c1)C(N)=O)C(C)(C)C. The molecule has 0 heterocycles. The quantitative estimate of drug-likeness (QED) is 0.619. The second-order valence-corrected chi connectivity index (χ2v) is 8.86. The topological polar surface area (TPSA) is 104 Å². The monoisotopic (exact) mass is 363 g/mol. The molecule has 2 amide bonds. The molecule has 0 radical (unpaired) electrons. The van der Waals surface area contributed by atoms with Crippen LogP contribution in [0.5, 0.6) is 5.75 Å². The number of likely N-dealkylation sites (N-methyl/N-ethyl adjacent to an activating group) is 1. The van der Waals surface area contributed by atoms with E-state index in [0.717, 1.165) is 11.1 Å². The Morgan fingerprint density at radius 2 is 1.73 bits per heavy atom. The molecule has 0 aliphatic carbocycles. The molecule has 0 aliphatic rings. The number of hydrogen-bond donors (Lipinski definition) is 4. The molecule has 6 heteroatoms. The molecule has 0 fully saturated rings. The summed E-state index contributed by atoms with van der Waals surface area (Å²) in [5.74, 6) is -0.644. The smallest absolute Gasteiger partial charge is 0.240 e. The Morgan fingerprint density at radius 1 is 1.15 bits per heavy atom. The highest BCUT2D eigenvalue weighted by Gasteiger charge is 2.32. The van der Waals surface area contributed by atoms with E-state index < -0.39 is 18.0 Å². The first-order chi connectivity index (χ1) is 11.8. The molecule has 5 N–H and O–H groups in total. The molecule has 1 rings (SSSR count). The minimum absolute atomic E-state index is 0.212. The molecular formula is C20H33N3O3. The fourth-order valence-electron chi connectivity index (χ4n) is 2.98. The van der Waals surface area contributed by atoms with Gasteiger partial charge in [0.05, 0.1) is 6.04 Å². The van der Waals surface area contributed by atoms with Crippen molar-refractivity contribution in [3.63, 3.8) is 0 Å². The van der Waals surface area contributed by atoms with Gasteiger partial charge < -0.3 is 21.5 Å². The average Bonchev–Trinajstić information content (AvgIpc) is 2.46. The maximum atomic E-state index is 12.6. The highest BCUT2D eigenvalue weighted by atomic mass is 16.3. The van der Waals surface area contributed by atoms with Crippen LogP contribution in [0.15, 0.2) is 18.2 Å². The summed E-state index contributed by atoms with van der Waals surface area (Å²) in [5.41, 5.74) is 6.58. The Hall–Kier alpha value is -2.08. The number of phenols is 1. The molecule has 2 atom stereocenters. The van der Waals surface area contributed by atoms with Crippen LogP contribution in [0.2, 0.25) is 0 Å². The summed E-state index contributed by atoms with van der Waals surface area (Å²) >= 11 is 0. The lowest BCUT2D eigenvalue weighted by Gasteiger charge is -2.30. The minimum atomic E-state index is -0.821. The number of phenolic OH excluding ortho intramolecular Hbond substituents is 1. The highest BCUT2D eigenvalue weighted by Crippen LogP contribution is 2.31. The van der Waals surface area contributed by atoms with Crippen molar-refractivity contribution < 1.29 is 14.7 Å². The summed E-state index contributed by atoms with van der Waals surface area (Å²) in [7, 11) is 1.71. The van der Waals surface area contributed by atoms with Crippen LogP contribution in [0.3, 0.4) is 0 Å². The van der Waals surface area contributed by atoms with Crippen molar-refractivity contribution in [1.29, 1.82) is 0 Å². The van der Waals surface area contributed by atoms with Gasteiger partial charge in [0.15, 0.2) is 0 Å². The fraction of sp³-hybridized carbons (Fsp3) is 0.600. The van der Waals surface area contributed by atoms with Gasteiger partial charge in [0, 0.05) is 6.42 Å². The van der Waals surface area contributed by atoms with Gasteiger partial charge in [-0.05, 0) is 35.1 Å². The third kappa shape index (κ3) is 5.73. The number of nitrogens with one attached hydrogen (secondary N) is 2. The van der Waals surface area contributed by atoms with Crippen LogP contribution >= 0.6 is 0 Å². The van der Waals surface area contributed by atoms with Gasteiger partial charge in [-0.2, -0.15) is 0 Å². The maximum Gasteiger partial charge on any atom is 0.240 e. The van der Waals surface area contributed by atoms with Gasteiger partial charge in [-0.1, -0.05) is 53.7 Å². The summed E-state index contributed by atoms with van der Waals surface area (Å²) < 4.78 is 0. The van der Waals surface area contributed by atoms with E-state index in [1.807, 2.05) is 47.6 Å². The lowest BCUT2D eigenvalue weighted by molar-refractivity contribution is -0.130. The van der Waals surface area contributed by atoms with Crippen LogP contribution in [-0.4, -0.2) is 36.1 Å². The summed E-state index contributed by atoms with van der Waals surface area (Å²) in [5, 5.41) is 15.8. The van der Waals surface area contributed by atoms with Gasteiger partial charge in [0.25, 0.3) is 0 Å². The molecule has 6 nitrogen and oxygen atoms in total. The van der Waals surface area contributed by atoms with Crippen LogP contribution in [0.1, 0.15) is 52.7 Å². The van der Waals surface area contributed by atoms with E-state index in [0.29, 0.717) is 0 Å². The summed E-state index contributed by atoms with van der Waals surface area (Å²) in [6.07, 6.45) is 0.269. The third-order valence-corrected chi connectivity index (χ3v) is 4.39. The second kappa shape index (κ2) is 8.08. The molecule has 0 saturated heterocycles. The molecule has 0 unspecified atom stereocenters. The minimum Gasteiger partial charge on any atom is -0.508 e. The Kier molecular flexibility index (Phi) is 6.82. The molecule has 146 valence electrons. The van der Waals surface area contributed by atoms with E-state index >= 15 is 0 Å². The molecule has 1 aromatic rings. The first-order valence-corrected chi connectivity index (χ1v) is 8.86. The second-order valence-electron chi connectivity index (χ2n) is 8.86. The number of hydrogen-bond acceptors (Lipinski definition) is 4. The van der Waals surface area contributed by atoms with Crippen LogP contribution in [0, 0.1) is 5.41 Å². The van der Waals surface area contributed by atoms with Crippen molar-refractivity contribution in [2.75, 3.05) is 7.05 Å². The number of nitrogens with two attached hydrogens (primary N) is 1. The standard InChI is InChI=1S/C20H33N3O3/c1-19(2,3)13-10-12(8-9-15(13)24)11-14(17(21)25)23-18(26)16(22-7)20(4,5)6/h8-10,14,16,22,24H,11H2,1-7H3,(H2,21,25)(H,23,26)/t14-,16+/m0/s1. The number of rotatable bonds is 6. The number of aromatic hydroxyl groups is 1. The first kappa shape index (κ1) is 22.0. The zero-order valence-corrected chi connectivity index (χ0v) is 16.9. The molecule has 0 aliphatic heterocycles. The van der Waals surface area contributed by atoms with Crippen molar-refractivity contribution in [3.05, 3.63) is 29.3 Å². The molecule has 0 bridgehead atoms. The Labute approximate surface area is 156 Å². The van der Waals surface area contributed by atoms with Crippen molar-refractivity contribution in [3.8, 4) is 5.75 Å². The van der Waals surface area contributed by atoms with Gasteiger partial charge in [-0.25, -0.2) is 0 Å². The van der Waals surface area contributed by atoms with Crippen molar-refractivity contribution in [1.82, 2.24) is 10.6 Å². The Balaban J connectivity index is 3.04. The van der Waals surface area contributed by atoms with E-state index in [1.54, 1.807) is 19.2 Å². The van der Waals surface area contributed by atoms with Gasteiger partial charge in [-0.3, -0.25) is 9.59 Å². The van der Waals surface area contributed by atoms with Crippen LogP contribution in [0.25, 0.3) is 0 Å². The third-order valence-electron chi connectivity index (χ3n) is 4.39. The highest BCUT2D eigenvalue weighted by molar-refractivity contribution is 5.89. The van der Waals surface area contributed by atoms with Gasteiger partial charge in [0.1, 0.15) is 11.8 Å². The molecule has 0 saturated carbocycles. The summed E-state index contributed by atoms with van der Waals surface area (Å²) in [6.45, 7) is 11.8. The van der Waals surface area contributed by atoms with Crippen LogP contribution in [0.4, 0.5) is 0 Å². The maximum absolute atomic E-state index is 12.6. The van der Waals surface area contributed by atoms with Crippen molar-refractivity contribution in [2.45, 2.75) is 65.5 Å². The summed E-state index contributed by atoms with van der Waals surface area (Å²) in [4.78, 5) is 24.5.